The van der Waals surface area contributed by atoms with Crippen LogP contribution in [0.4, 0.5) is 5.69 Å². The lowest BCUT2D eigenvalue weighted by Crippen LogP contribution is -2.26. The van der Waals surface area contributed by atoms with Gasteiger partial charge >= 0.3 is 5.97 Å². The fourth-order valence-corrected chi connectivity index (χ4v) is 3.83. The van der Waals surface area contributed by atoms with Gasteiger partial charge in [0.15, 0.2) is 0 Å². The molecule has 0 saturated heterocycles. The van der Waals surface area contributed by atoms with Gasteiger partial charge in [0, 0.05) is 21.3 Å². The molecule has 4 rings (SSSR count). The minimum absolute atomic E-state index is 0.381. The Balaban J connectivity index is 1.65. The number of anilines is 1. The summed E-state index contributed by atoms with van der Waals surface area (Å²) in [6, 6.07) is 26.4. The first kappa shape index (κ1) is 20.9. The first-order valence-corrected chi connectivity index (χ1v) is 10.3. The highest BCUT2D eigenvalue weighted by atomic mass is 35.5. The number of rotatable bonds is 5. The minimum Gasteiger partial charge on any atom is -0.444 e. The number of ether oxygens (including phenoxy) is 1. The summed E-state index contributed by atoms with van der Waals surface area (Å²) in [5.74, 6) is -1.11. The number of esters is 1. The van der Waals surface area contributed by atoms with Gasteiger partial charge < -0.3 is 10.1 Å². The molecule has 1 N–H and O–H groups in total. The van der Waals surface area contributed by atoms with Crippen molar-refractivity contribution in [3.63, 3.8) is 0 Å². The van der Waals surface area contributed by atoms with E-state index >= 15 is 0 Å². The summed E-state index contributed by atoms with van der Waals surface area (Å²) in [6.45, 7) is 0. The van der Waals surface area contributed by atoms with Gasteiger partial charge in [-0.15, -0.1) is 0 Å². The van der Waals surface area contributed by atoms with E-state index in [1.807, 2.05) is 36.4 Å². The minimum atomic E-state index is -1.16. The highest BCUT2D eigenvalue weighted by Gasteiger charge is 2.26. The molecule has 0 saturated carbocycles. The van der Waals surface area contributed by atoms with Gasteiger partial charge in [-0.2, -0.15) is 0 Å². The van der Waals surface area contributed by atoms with Gasteiger partial charge in [-0.3, -0.25) is 4.79 Å². The first-order valence-electron chi connectivity index (χ1n) is 9.52. The SMILES string of the molecule is O=C(O[C@H](C(=O)Nc1cc(Cl)cc(Cl)c1)c1ccccc1)c1cccc2ccccc12. The second-order valence-corrected chi connectivity index (χ2v) is 7.74. The molecule has 31 heavy (non-hydrogen) atoms. The fourth-order valence-electron chi connectivity index (χ4n) is 3.31. The molecule has 0 bridgehead atoms. The molecule has 0 unspecified atom stereocenters. The van der Waals surface area contributed by atoms with E-state index in [0.29, 0.717) is 26.9 Å². The van der Waals surface area contributed by atoms with E-state index in [-0.39, 0.29) is 0 Å². The zero-order chi connectivity index (χ0) is 21.8. The predicted molar refractivity (Wildman–Crippen MR) is 124 cm³/mol. The zero-order valence-electron chi connectivity index (χ0n) is 16.2. The Morgan fingerprint density at radius 1 is 0.774 bits per heavy atom. The van der Waals surface area contributed by atoms with Crippen molar-refractivity contribution in [1.29, 1.82) is 0 Å². The maximum absolute atomic E-state index is 13.1. The highest BCUT2D eigenvalue weighted by Crippen LogP contribution is 2.27. The largest absolute Gasteiger partial charge is 0.444 e. The van der Waals surface area contributed by atoms with Crippen LogP contribution in [0.5, 0.6) is 0 Å². The number of nitrogens with one attached hydrogen (secondary N) is 1. The van der Waals surface area contributed by atoms with Crippen LogP contribution >= 0.6 is 23.2 Å². The third-order valence-electron chi connectivity index (χ3n) is 4.70. The molecule has 4 aromatic rings. The van der Waals surface area contributed by atoms with Crippen molar-refractivity contribution in [3.05, 3.63) is 112 Å². The summed E-state index contributed by atoms with van der Waals surface area (Å²) in [5.41, 5.74) is 1.34. The summed E-state index contributed by atoms with van der Waals surface area (Å²) < 4.78 is 5.71. The first-order chi connectivity index (χ1) is 15.0. The van der Waals surface area contributed by atoms with Gasteiger partial charge in [0.25, 0.3) is 5.91 Å². The average Bonchev–Trinajstić information content (AvgIpc) is 2.76. The van der Waals surface area contributed by atoms with Crippen molar-refractivity contribution in [1.82, 2.24) is 0 Å². The summed E-state index contributed by atoms with van der Waals surface area (Å²) in [4.78, 5) is 26.2. The molecule has 0 aliphatic carbocycles. The molecule has 0 spiro atoms. The van der Waals surface area contributed by atoms with E-state index < -0.39 is 18.0 Å². The summed E-state index contributed by atoms with van der Waals surface area (Å²) in [6.07, 6.45) is -1.16. The summed E-state index contributed by atoms with van der Waals surface area (Å²) in [7, 11) is 0. The van der Waals surface area contributed by atoms with Gasteiger partial charge in [0.1, 0.15) is 0 Å². The van der Waals surface area contributed by atoms with Crippen LogP contribution in [0.3, 0.4) is 0 Å². The topological polar surface area (TPSA) is 55.4 Å². The van der Waals surface area contributed by atoms with Gasteiger partial charge in [0.2, 0.25) is 6.10 Å². The number of carbonyl (C=O) groups is 2. The zero-order valence-corrected chi connectivity index (χ0v) is 17.7. The number of hydrogen-bond acceptors (Lipinski definition) is 3. The number of carbonyl (C=O) groups excluding carboxylic acids is 2. The second-order valence-electron chi connectivity index (χ2n) is 6.87. The van der Waals surface area contributed by atoms with E-state index in [9.17, 15) is 9.59 Å². The van der Waals surface area contributed by atoms with Crippen molar-refractivity contribution in [2.75, 3.05) is 5.32 Å². The number of benzene rings is 4. The Kier molecular flexibility index (Phi) is 6.21. The lowest BCUT2D eigenvalue weighted by atomic mass is 10.0. The molecule has 4 nitrogen and oxygen atoms in total. The van der Waals surface area contributed by atoms with Crippen molar-refractivity contribution in [2.45, 2.75) is 6.10 Å². The Hall–Kier alpha value is -3.34. The van der Waals surface area contributed by atoms with Crippen LogP contribution in [0.2, 0.25) is 10.0 Å². The maximum Gasteiger partial charge on any atom is 0.339 e. The van der Waals surface area contributed by atoms with Crippen LogP contribution in [0, 0.1) is 0 Å². The van der Waals surface area contributed by atoms with Crippen LogP contribution < -0.4 is 5.32 Å². The van der Waals surface area contributed by atoms with E-state index in [0.717, 1.165) is 10.8 Å². The average molecular weight is 450 g/mol. The van der Waals surface area contributed by atoms with Crippen molar-refractivity contribution < 1.29 is 14.3 Å². The quantitative estimate of drug-likeness (QED) is 0.345. The van der Waals surface area contributed by atoms with E-state index in [2.05, 4.69) is 5.32 Å². The van der Waals surface area contributed by atoms with Crippen LogP contribution in [-0.2, 0) is 9.53 Å². The smallest absolute Gasteiger partial charge is 0.339 e. The number of halogens is 2. The Bertz CT molecular complexity index is 1230. The summed E-state index contributed by atoms with van der Waals surface area (Å²) >= 11 is 12.1. The highest BCUT2D eigenvalue weighted by molar-refractivity contribution is 6.35. The molecule has 0 radical (unpaired) electrons. The van der Waals surface area contributed by atoms with Crippen molar-refractivity contribution in [3.8, 4) is 0 Å². The predicted octanol–water partition coefficient (Wildman–Crippen LogP) is 6.68. The van der Waals surface area contributed by atoms with E-state index in [4.69, 9.17) is 27.9 Å². The molecule has 0 aliphatic heterocycles. The standard InChI is InChI=1S/C25H17Cl2NO3/c26-18-13-19(27)15-20(14-18)28-24(29)23(17-8-2-1-3-9-17)31-25(30)22-12-6-10-16-7-4-5-11-21(16)22/h1-15,23H,(H,28,29)/t23-/m0/s1. The Labute approximate surface area is 189 Å². The number of hydrogen-bond donors (Lipinski definition) is 1. The summed E-state index contributed by atoms with van der Waals surface area (Å²) in [5, 5.41) is 5.16. The monoisotopic (exact) mass is 449 g/mol. The molecule has 0 heterocycles. The molecular formula is C25H17Cl2NO3. The lowest BCUT2D eigenvalue weighted by molar-refractivity contribution is -0.125. The molecule has 1 atom stereocenters. The number of amides is 1. The molecule has 0 aliphatic rings. The maximum atomic E-state index is 13.1. The van der Waals surface area contributed by atoms with Crippen molar-refractivity contribution >= 4 is 51.5 Å². The van der Waals surface area contributed by atoms with Gasteiger partial charge in [-0.05, 0) is 35.0 Å². The van der Waals surface area contributed by atoms with Gasteiger partial charge in [0.05, 0.1) is 5.56 Å². The van der Waals surface area contributed by atoms with Crippen LogP contribution in [0.1, 0.15) is 22.0 Å². The number of fused-ring (bicyclic) bond motifs is 1. The lowest BCUT2D eigenvalue weighted by Gasteiger charge is -2.19. The third-order valence-corrected chi connectivity index (χ3v) is 5.14. The van der Waals surface area contributed by atoms with Gasteiger partial charge in [-0.25, -0.2) is 4.79 Å². The Morgan fingerprint density at radius 3 is 2.16 bits per heavy atom. The van der Waals surface area contributed by atoms with Crippen LogP contribution in [0.15, 0.2) is 91.0 Å². The molecule has 0 aromatic heterocycles. The van der Waals surface area contributed by atoms with E-state index in [1.165, 1.54) is 0 Å². The molecular weight excluding hydrogens is 433 g/mol. The Morgan fingerprint density at radius 2 is 1.42 bits per heavy atom. The van der Waals surface area contributed by atoms with E-state index in [1.54, 1.807) is 54.6 Å². The second kappa shape index (κ2) is 9.21. The molecule has 4 aromatic carbocycles. The third kappa shape index (κ3) is 4.88. The molecule has 6 heteroatoms. The van der Waals surface area contributed by atoms with Crippen molar-refractivity contribution in [2.24, 2.45) is 0 Å². The van der Waals surface area contributed by atoms with Crippen LogP contribution in [0.25, 0.3) is 10.8 Å². The molecule has 0 fully saturated rings. The fraction of sp³-hybridized carbons (Fsp3) is 0.0400. The van der Waals surface area contributed by atoms with Gasteiger partial charge in [-0.1, -0.05) is 89.9 Å². The van der Waals surface area contributed by atoms with Crippen LogP contribution in [-0.4, -0.2) is 11.9 Å². The normalized spacial score (nSPS) is 11.7. The molecule has 154 valence electrons. The molecule has 1 amide bonds.